The first-order chi connectivity index (χ1) is 11.3. The molecule has 0 spiro atoms. The van der Waals surface area contributed by atoms with Gasteiger partial charge in [0.2, 0.25) is 6.79 Å². The lowest BCUT2D eigenvalue weighted by molar-refractivity contribution is 0.0944. The Balaban J connectivity index is 1.55. The standard InChI is InChI=1S/C17H12N2O4/c20-17(12-3-6-15-16(10-12)23-11-22-15)19-8-7-13(18-19)4-5-14-2-1-9-21-14/h1-10H,11H2. The number of aromatic nitrogens is 2. The summed E-state index contributed by atoms with van der Waals surface area (Å²) in [6.07, 6.45) is 6.79. The van der Waals surface area contributed by atoms with Crippen LogP contribution in [0.15, 0.2) is 53.3 Å². The minimum atomic E-state index is -0.235. The normalized spacial score (nSPS) is 12.9. The molecule has 2 aromatic heterocycles. The van der Waals surface area contributed by atoms with E-state index in [2.05, 4.69) is 5.10 Å². The van der Waals surface area contributed by atoms with Crippen molar-refractivity contribution in [1.29, 1.82) is 0 Å². The van der Waals surface area contributed by atoms with E-state index in [1.807, 2.05) is 6.07 Å². The number of carbonyl (C=O) groups excluding carboxylic acids is 1. The van der Waals surface area contributed by atoms with Crippen LogP contribution < -0.4 is 9.47 Å². The minimum Gasteiger partial charge on any atom is -0.465 e. The van der Waals surface area contributed by atoms with Gasteiger partial charge < -0.3 is 13.9 Å². The van der Waals surface area contributed by atoms with E-state index >= 15 is 0 Å². The molecule has 0 aliphatic carbocycles. The molecule has 0 unspecified atom stereocenters. The summed E-state index contributed by atoms with van der Waals surface area (Å²) in [5.74, 6) is 1.70. The molecular formula is C17H12N2O4. The van der Waals surface area contributed by atoms with Crippen LogP contribution in [0.4, 0.5) is 0 Å². The Bertz CT molecular complexity index is 878. The Morgan fingerprint density at radius 1 is 1.13 bits per heavy atom. The third-order valence-electron chi connectivity index (χ3n) is 3.40. The molecule has 0 bridgehead atoms. The Hall–Kier alpha value is -3.28. The van der Waals surface area contributed by atoms with E-state index < -0.39 is 0 Å². The van der Waals surface area contributed by atoms with Crippen molar-refractivity contribution in [1.82, 2.24) is 9.78 Å². The second kappa shape index (κ2) is 5.49. The van der Waals surface area contributed by atoms with Crippen molar-refractivity contribution in [2.24, 2.45) is 0 Å². The molecule has 0 N–H and O–H groups in total. The van der Waals surface area contributed by atoms with Crippen LogP contribution in [0.1, 0.15) is 21.8 Å². The van der Waals surface area contributed by atoms with Gasteiger partial charge in [0.05, 0.1) is 12.0 Å². The monoisotopic (exact) mass is 308 g/mol. The highest BCUT2D eigenvalue weighted by molar-refractivity contribution is 5.96. The number of hydrogen-bond acceptors (Lipinski definition) is 5. The summed E-state index contributed by atoms with van der Waals surface area (Å²) in [4.78, 5) is 12.5. The molecular weight excluding hydrogens is 296 g/mol. The third-order valence-corrected chi connectivity index (χ3v) is 3.40. The number of carbonyl (C=O) groups is 1. The molecule has 0 radical (unpaired) electrons. The zero-order valence-electron chi connectivity index (χ0n) is 12.0. The Morgan fingerprint density at radius 2 is 2.04 bits per heavy atom. The van der Waals surface area contributed by atoms with Gasteiger partial charge in [0, 0.05) is 11.8 Å². The van der Waals surface area contributed by atoms with Gasteiger partial charge >= 0.3 is 0 Å². The van der Waals surface area contributed by atoms with Crippen LogP contribution in [-0.2, 0) is 0 Å². The predicted molar refractivity (Wildman–Crippen MR) is 82.2 cm³/mol. The average molecular weight is 308 g/mol. The van der Waals surface area contributed by atoms with Gasteiger partial charge in [-0.15, -0.1) is 0 Å². The largest absolute Gasteiger partial charge is 0.465 e. The van der Waals surface area contributed by atoms with E-state index in [4.69, 9.17) is 13.9 Å². The smallest absolute Gasteiger partial charge is 0.278 e. The van der Waals surface area contributed by atoms with Gasteiger partial charge in [-0.2, -0.15) is 5.10 Å². The number of benzene rings is 1. The van der Waals surface area contributed by atoms with Gasteiger partial charge in [-0.25, -0.2) is 4.68 Å². The number of rotatable bonds is 3. The van der Waals surface area contributed by atoms with Crippen LogP contribution in [0.2, 0.25) is 0 Å². The van der Waals surface area contributed by atoms with Gasteiger partial charge in [0.15, 0.2) is 11.5 Å². The lowest BCUT2D eigenvalue weighted by atomic mass is 10.2. The first kappa shape index (κ1) is 13.4. The maximum absolute atomic E-state index is 12.5. The molecule has 114 valence electrons. The van der Waals surface area contributed by atoms with Crippen LogP contribution in [0.25, 0.3) is 12.2 Å². The Labute approximate surface area is 131 Å². The summed E-state index contributed by atoms with van der Waals surface area (Å²) in [7, 11) is 0. The molecule has 3 aromatic rings. The minimum absolute atomic E-state index is 0.177. The van der Waals surface area contributed by atoms with Crippen molar-refractivity contribution in [3.05, 3.63) is 65.9 Å². The van der Waals surface area contributed by atoms with E-state index in [1.54, 1.807) is 54.9 Å². The lowest BCUT2D eigenvalue weighted by Crippen LogP contribution is -2.12. The summed E-state index contributed by atoms with van der Waals surface area (Å²) in [6.45, 7) is 0.177. The highest BCUT2D eigenvalue weighted by Gasteiger charge is 2.17. The van der Waals surface area contributed by atoms with Crippen LogP contribution in [0.5, 0.6) is 11.5 Å². The maximum atomic E-state index is 12.5. The fourth-order valence-corrected chi connectivity index (χ4v) is 2.26. The number of furan rings is 1. The van der Waals surface area contributed by atoms with E-state index in [0.717, 1.165) is 5.76 Å². The highest BCUT2D eigenvalue weighted by Crippen LogP contribution is 2.32. The molecule has 4 rings (SSSR count). The zero-order valence-corrected chi connectivity index (χ0v) is 12.0. The summed E-state index contributed by atoms with van der Waals surface area (Å²) < 4.78 is 17.0. The molecule has 0 amide bonds. The Kier molecular flexibility index (Phi) is 3.20. The second-order valence-electron chi connectivity index (χ2n) is 4.91. The molecule has 0 fully saturated rings. The molecule has 23 heavy (non-hydrogen) atoms. The van der Waals surface area contributed by atoms with Crippen LogP contribution in [-0.4, -0.2) is 22.5 Å². The predicted octanol–water partition coefficient (Wildman–Crippen LogP) is 3.06. The number of fused-ring (bicyclic) bond motifs is 1. The quantitative estimate of drug-likeness (QED) is 0.744. The van der Waals surface area contributed by atoms with Crippen molar-refractivity contribution in [2.45, 2.75) is 0 Å². The topological polar surface area (TPSA) is 66.5 Å². The van der Waals surface area contributed by atoms with Crippen LogP contribution >= 0.6 is 0 Å². The van der Waals surface area contributed by atoms with Gasteiger partial charge in [-0.1, -0.05) is 0 Å². The summed E-state index contributed by atoms with van der Waals surface area (Å²) in [5.41, 5.74) is 1.15. The lowest BCUT2D eigenvalue weighted by Gasteiger charge is -2.02. The van der Waals surface area contributed by atoms with Crippen LogP contribution in [0.3, 0.4) is 0 Å². The average Bonchev–Trinajstić information content (AvgIpc) is 3.31. The molecule has 6 nitrogen and oxygen atoms in total. The molecule has 3 heterocycles. The van der Waals surface area contributed by atoms with E-state index in [-0.39, 0.29) is 12.7 Å². The number of hydrogen-bond donors (Lipinski definition) is 0. The molecule has 0 atom stereocenters. The maximum Gasteiger partial charge on any atom is 0.278 e. The van der Waals surface area contributed by atoms with Gasteiger partial charge in [0.1, 0.15) is 5.76 Å². The first-order valence-electron chi connectivity index (χ1n) is 7.01. The van der Waals surface area contributed by atoms with Crippen molar-refractivity contribution in [3.63, 3.8) is 0 Å². The zero-order chi connectivity index (χ0) is 15.6. The summed E-state index contributed by atoms with van der Waals surface area (Å²) in [5, 5.41) is 4.25. The SMILES string of the molecule is O=C(c1ccc2c(c1)OCO2)n1ccc(C=Cc2ccco2)n1. The highest BCUT2D eigenvalue weighted by atomic mass is 16.7. The van der Waals surface area contributed by atoms with E-state index in [0.29, 0.717) is 22.8 Å². The van der Waals surface area contributed by atoms with Crippen molar-refractivity contribution in [2.75, 3.05) is 6.79 Å². The molecule has 0 saturated carbocycles. The summed E-state index contributed by atoms with van der Waals surface area (Å²) in [6, 6.07) is 10.5. The van der Waals surface area contributed by atoms with Gasteiger partial charge in [0.25, 0.3) is 5.91 Å². The number of nitrogens with zero attached hydrogens (tertiary/aromatic N) is 2. The third kappa shape index (κ3) is 2.62. The second-order valence-corrected chi connectivity index (χ2v) is 4.91. The van der Waals surface area contributed by atoms with E-state index in [9.17, 15) is 4.79 Å². The van der Waals surface area contributed by atoms with Crippen LogP contribution in [0, 0.1) is 0 Å². The van der Waals surface area contributed by atoms with Gasteiger partial charge in [-0.3, -0.25) is 4.79 Å². The van der Waals surface area contributed by atoms with Gasteiger partial charge in [-0.05, 0) is 48.6 Å². The molecule has 1 aliphatic heterocycles. The van der Waals surface area contributed by atoms with Crippen molar-refractivity contribution >= 4 is 18.1 Å². The fourth-order valence-electron chi connectivity index (χ4n) is 2.26. The summed E-state index contributed by atoms with van der Waals surface area (Å²) >= 11 is 0. The fraction of sp³-hybridized carbons (Fsp3) is 0.0588. The van der Waals surface area contributed by atoms with Crippen molar-refractivity contribution in [3.8, 4) is 11.5 Å². The molecule has 0 saturated heterocycles. The molecule has 6 heteroatoms. The molecule has 1 aliphatic rings. The first-order valence-corrected chi connectivity index (χ1v) is 7.01. The van der Waals surface area contributed by atoms with Crippen molar-refractivity contribution < 1.29 is 18.7 Å². The van der Waals surface area contributed by atoms with E-state index in [1.165, 1.54) is 4.68 Å². The molecule has 1 aromatic carbocycles. The number of ether oxygens (including phenoxy) is 2. The Morgan fingerprint density at radius 3 is 2.91 bits per heavy atom.